The number of aromatic nitrogens is 2. The highest BCUT2D eigenvalue weighted by atomic mass is 35.5. The number of benzene rings is 2. The van der Waals surface area contributed by atoms with E-state index in [1.54, 1.807) is 0 Å². The topological polar surface area (TPSA) is 17.8 Å². The van der Waals surface area contributed by atoms with E-state index in [1.165, 1.54) is 5.39 Å². The normalized spacial score (nSPS) is 11.8. The summed E-state index contributed by atoms with van der Waals surface area (Å²) in [5, 5.41) is 4.54. The first-order chi connectivity index (χ1) is 9.66. The lowest BCUT2D eigenvalue weighted by Gasteiger charge is -2.04. The molecule has 98 valence electrons. The molecule has 2 aromatic heterocycles. The molecule has 4 heteroatoms. The van der Waals surface area contributed by atoms with Crippen molar-refractivity contribution < 1.29 is 0 Å². The molecule has 0 aliphatic rings. The molecule has 0 fully saturated rings. The van der Waals surface area contributed by atoms with Gasteiger partial charge >= 0.3 is 0 Å². The number of rotatable bonds is 0. The van der Waals surface area contributed by atoms with Crippen LogP contribution in [0.3, 0.4) is 0 Å². The molecule has 0 aliphatic carbocycles. The van der Waals surface area contributed by atoms with Crippen LogP contribution < -0.4 is 0 Å². The quantitative estimate of drug-likeness (QED) is 0.409. The van der Waals surface area contributed by atoms with E-state index in [0.717, 1.165) is 27.3 Å². The van der Waals surface area contributed by atoms with Crippen molar-refractivity contribution in [1.29, 1.82) is 0 Å². The van der Waals surface area contributed by atoms with Crippen molar-refractivity contribution in [2.45, 2.75) is 0 Å². The Morgan fingerprint density at radius 3 is 2.65 bits per heavy atom. The van der Waals surface area contributed by atoms with Crippen molar-refractivity contribution in [2.24, 2.45) is 7.05 Å². The Kier molecular flexibility index (Phi) is 2.47. The molecule has 20 heavy (non-hydrogen) atoms. The Hall–Kier alpha value is -1.77. The second kappa shape index (κ2) is 4.11. The molecule has 2 aromatic carbocycles. The van der Waals surface area contributed by atoms with Gasteiger partial charge in [-0.15, -0.1) is 0 Å². The molecule has 4 rings (SSSR count). The van der Waals surface area contributed by atoms with Crippen LogP contribution in [0.25, 0.3) is 32.7 Å². The van der Waals surface area contributed by atoms with Crippen molar-refractivity contribution in [3.63, 3.8) is 0 Å². The van der Waals surface area contributed by atoms with Gasteiger partial charge in [0, 0.05) is 33.7 Å². The van der Waals surface area contributed by atoms with Crippen LogP contribution in [0.2, 0.25) is 10.2 Å². The van der Waals surface area contributed by atoms with E-state index < -0.39 is 0 Å². The van der Waals surface area contributed by atoms with Crippen LogP contribution in [-0.4, -0.2) is 9.55 Å². The second-order valence-electron chi connectivity index (χ2n) is 4.86. The highest BCUT2D eigenvalue weighted by Crippen LogP contribution is 2.37. The van der Waals surface area contributed by atoms with Crippen LogP contribution in [0.1, 0.15) is 0 Å². The number of nitrogens with zero attached hydrogens (tertiary/aromatic N) is 2. The van der Waals surface area contributed by atoms with Crippen LogP contribution >= 0.6 is 23.2 Å². The summed E-state index contributed by atoms with van der Waals surface area (Å²) in [5.74, 6) is 0. The molecule has 0 radical (unpaired) electrons. The number of para-hydroxylation sites is 1. The van der Waals surface area contributed by atoms with Gasteiger partial charge in [0.15, 0.2) is 5.15 Å². The maximum Gasteiger partial charge on any atom is 0.154 e. The molecule has 0 saturated heterocycles. The summed E-state index contributed by atoms with van der Waals surface area (Å²) in [5.41, 5.74) is 2.95. The van der Waals surface area contributed by atoms with Gasteiger partial charge in [-0.1, -0.05) is 41.4 Å². The fourth-order valence-electron chi connectivity index (χ4n) is 2.87. The molecule has 2 nitrogen and oxygen atoms in total. The van der Waals surface area contributed by atoms with Gasteiger partial charge < -0.3 is 4.57 Å². The number of pyridine rings is 1. The van der Waals surface area contributed by atoms with Crippen molar-refractivity contribution in [2.75, 3.05) is 0 Å². The van der Waals surface area contributed by atoms with Gasteiger partial charge in [-0.2, -0.15) is 0 Å². The van der Waals surface area contributed by atoms with Gasteiger partial charge in [0.1, 0.15) is 0 Å². The lowest BCUT2D eigenvalue weighted by atomic mass is 10.1. The highest BCUT2D eigenvalue weighted by Gasteiger charge is 2.15. The zero-order valence-electron chi connectivity index (χ0n) is 10.7. The van der Waals surface area contributed by atoms with Crippen LogP contribution in [0, 0.1) is 0 Å². The molecule has 0 amide bonds. The standard InChI is InChI=1S/C16H10Cl2N2/c1-20-13-5-3-2-4-10(13)14-11-8-9(17)6-7-12(11)19-16(18)15(14)20/h2-8H,1H3. The third kappa shape index (κ3) is 1.49. The minimum absolute atomic E-state index is 0.522. The Morgan fingerprint density at radius 2 is 1.80 bits per heavy atom. The average molecular weight is 301 g/mol. The fraction of sp³-hybridized carbons (Fsp3) is 0.0625. The predicted octanol–water partition coefficient (Wildman–Crippen LogP) is 5.19. The van der Waals surface area contributed by atoms with Gasteiger partial charge in [0.25, 0.3) is 0 Å². The zero-order chi connectivity index (χ0) is 13.9. The van der Waals surface area contributed by atoms with E-state index in [2.05, 4.69) is 21.7 Å². The first kappa shape index (κ1) is 12.0. The van der Waals surface area contributed by atoms with Gasteiger partial charge in [0.05, 0.1) is 11.0 Å². The fourth-order valence-corrected chi connectivity index (χ4v) is 3.36. The number of hydrogen-bond acceptors (Lipinski definition) is 1. The smallest absolute Gasteiger partial charge is 0.154 e. The van der Waals surface area contributed by atoms with Crippen molar-refractivity contribution in [3.05, 3.63) is 52.6 Å². The summed E-state index contributed by atoms with van der Waals surface area (Å²) in [7, 11) is 2.01. The zero-order valence-corrected chi connectivity index (χ0v) is 12.2. The molecule has 0 saturated carbocycles. The van der Waals surface area contributed by atoms with E-state index in [4.69, 9.17) is 23.2 Å². The largest absolute Gasteiger partial charge is 0.341 e. The number of hydrogen-bond donors (Lipinski definition) is 0. The molecule has 0 atom stereocenters. The number of fused-ring (bicyclic) bond motifs is 5. The first-order valence-electron chi connectivity index (χ1n) is 6.28. The third-order valence-corrected chi connectivity index (χ3v) is 4.25. The molecule has 0 bridgehead atoms. The SMILES string of the molecule is Cn1c2ccccc2c2c3cc(Cl)ccc3nc(Cl)c21. The number of aryl methyl sites for hydroxylation is 1. The summed E-state index contributed by atoms with van der Waals surface area (Å²) >= 11 is 12.5. The maximum absolute atomic E-state index is 6.39. The number of halogens is 2. The van der Waals surface area contributed by atoms with Crippen molar-refractivity contribution >= 4 is 55.9 Å². The predicted molar refractivity (Wildman–Crippen MR) is 85.7 cm³/mol. The first-order valence-corrected chi connectivity index (χ1v) is 7.04. The third-order valence-electron chi connectivity index (χ3n) is 3.75. The minimum atomic E-state index is 0.522. The van der Waals surface area contributed by atoms with E-state index >= 15 is 0 Å². The molecule has 0 N–H and O–H groups in total. The Labute approximate surface area is 125 Å². The summed E-state index contributed by atoms with van der Waals surface area (Å²) in [6.07, 6.45) is 0. The van der Waals surface area contributed by atoms with Gasteiger partial charge in [-0.25, -0.2) is 4.98 Å². The summed E-state index contributed by atoms with van der Waals surface area (Å²) in [6, 6.07) is 13.9. The Morgan fingerprint density at radius 1 is 1.00 bits per heavy atom. The van der Waals surface area contributed by atoms with Crippen LogP contribution in [-0.2, 0) is 7.05 Å². The molecule has 4 aromatic rings. The van der Waals surface area contributed by atoms with E-state index in [-0.39, 0.29) is 0 Å². The maximum atomic E-state index is 6.39. The van der Waals surface area contributed by atoms with Gasteiger partial charge in [-0.3, -0.25) is 0 Å². The van der Waals surface area contributed by atoms with Gasteiger partial charge in [0.2, 0.25) is 0 Å². The van der Waals surface area contributed by atoms with Crippen LogP contribution in [0.4, 0.5) is 0 Å². The van der Waals surface area contributed by atoms with E-state index in [1.807, 2.05) is 37.4 Å². The molecular formula is C16H10Cl2N2. The Balaban J connectivity index is 2.42. The van der Waals surface area contributed by atoms with Gasteiger partial charge in [-0.05, 0) is 24.3 Å². The van der Waals surface area contributed by atoms with Crippen molar-refractivity contribution in [1.82, 2.24) is 9.55 Å². The average Bonchev–Trinajstić information content (AvgIpc) is 2.75. The highest BCUT2D eigenvalue weighted by molar-refractivity contribution is 6.38. The lowest BCUT2D eigenvalue weighted by Crippen LogP contribution is -1.90. The minimum Gasteiger partial charge on any atom is -0.341 e. The second-order valence-corrected chi connectivity index (χ2v) is 5.66. The lowest BCUT2D eigenvalue weighted by molar-refractivity contribution is 1.01. The van der Waals surface area contributed by atoms with Crippen LogP contribution in [0.5, 0.6) is 0 Å². The summed E-state index contributed by atoms with van der Waals surface area (Å²) in [6.45, 7) is 0. The molecule has 0 unspecified atom stereocenters. The van der Waals surface area contributed by atoms with E-state index in [0.29, 0.717) is 10.2 Å². The van der Waals surface area contributed by atoms with Crippen molar-refractivity contribution in [3.8, 4) is 0 Å². The van der Waals surface area contributed by atoms with Crippen LogP contribution in [0.15, 0.2) is 42.5 Å². The Bertz CT molecular complexity index is 986. The van der Waals surface area contributed by atoms with E-state index in [9.17, 15) is 0 Å². The monoisotopic (exact) mass is 300 g/mol. The molecule has 2 heterocycles. The summed E-state index contributed by atoms with van der Waals surface area (Å²) in [4.78, 5) is 4.49. The molecule has 0 aliphatic heterocycles. The molecular weight excluding hydrogens is 291 g/mol. The summed E-state index contributed by atoms with van der Waals surface area (Å²) < 4.78 is 2.08. The molecule has 0 spiro atoms.